The zero-order chi connectivity index (χ0) is 30.0. The Labute approximate surface area is 246 Å². The molecule has 1 aromatic heterocycles. The monoisotopic (exact) mass is 604 g/mol. The smallest absolute Gasteiger partial charge is 0.338 e. The molecule has 0 amide bonds. The summed E-state index contributed by atoms with van der Waals surface area (Å²) in [6.07, 6.45) is 1.62. The molecule has 3 aromatic carbocycles. The molecule has 0 spiro atoms. The number of ether oxygens (including phenoxy) is 3. The maximum absolute atomic E-state index is 14.3. The third kappa shape index (κ3) is 4.90. The minimum atomic E-state index is -4.35. The number of hydrogen-bond donors (Lipinski definition) is 1. The quantitative estimate of drug-likeness (QED) is 0.304. The summed E-state index contributed by atoms with van der Waals surface area (Å²) in [6, 6.07) is 21.6. The minimum Gasteiger partial charge on any atom is -0.496 e. The highest BCUT2D eigenvalue weighted by Gasteiger charge is 2.43. The van der Waals surface area contributed by atoms with Gasteiger partial charge in [0.2, 0.25) is 9.84 Å². The molecule has 0 radical (unpaired) electrons. The van der Waals surface area contributed by atoms with E-state index in [4.69, 9.17) is 19.9 Å². The molecule has 216 valence electrons. The Balaban J connectivity index is 1.96. The van der Waals surface area contributed by atoms with Crippen LogP contribution in [0.25, 0.3) is 17.5 Å². The summed E-state index contributed by atoms with van der Waals surface area (Å²) >= 11 is 1.01. The fourth-order valence-electron chi connectivity index (χ4n) is 4.96. The molecule has 1 atom stereocenters. The molecule has 2 N–H and O–H groups in total. The van der Waals surface area contributed by atoms with Gasteiger partial charge in [-0.25, -0.2) is 13.2 Å². The number of carbonyl (C=O) groups excluding carboxylic acids is 1. The van der Waals surface area contributed by atoms with E-state index < -0.39 is 27.3 Å². The first-order valence-electron chi connectivity index (χ1n) is 13.0. The second-order valence-corrected chi connectivity index (χ2v) is 12.1. The lowest BCUT2D eigenvalue weighted by Gasteiger charge is -2.28. The third-order valence-corrected chi connectivity index (χ3v) is 9.84. The molecule has 1 aliphatic rings. The lowest BCUT2D eigenvalue weighted by Crippen LogP contribution is -2.41. The van der Waals surface area contributed by atoms with Crippen molar-refractivity contribution in [3.8, 4) is 11.5 Å². The van der Waals surface area contributed by atoms with Crippen molar-refractivity contribution in [3.05, 3.63) is 114 Å². The van der Waals surface area contributed by atoms with Crippen molar-refractivity contribution in [2.45, 2.75) is 17.7 Å². The predicted molar refractivity (Wildman–Crippen MR) is 161 cm³/mol. The zero-order valence-electron chi connectivity index (χ0n) is 23.1. The van der Waals surface area contributed by atoms with Gasteiger partial charge in [-0.15, -0.1) is 11.3 Å². The average Bonchev–Trinajstić information content (AvgIpc) is 3.33. The number of methoxy groups -OCH3 is 2. The minimum absolute atomic E-state index is 0.0246. The van der Waals surface area contributed by atoms with Crippen LogP contribution >= 0.6 is 11.3 Å². The molecule has 42 heavy (non-hydrogen) atoms. The largest absolute Gasteiger partial charge is 0.496 e. The summed E-state index contributed by atoms with van der Waals surface area (Å²) in [6.45, 7) is 1.67. The van der Waals surface area contributed by atoms with Crippen LogP contribution in [-0.4, -0.2) is 39.8 Å². The number of nitrogens with two attached hydrogens (primary N) is 1. The Morgan fingerprint density at radius 3 is 2.24 bits per heavy atom. The number of benzene rings is 3. The van der Waals surface area contributed by atoms with Crippen LogP contribution < -0.4 is 30.0 Å². The lowest BCUT2D eigenvalue weighted by atomic mass is 9.89. The van der Waals surface area contributed by atoms with Crippen LogP contribution in [0, 0.1) is 0 Å². The number of carbonyl (C=O) groups is 1. The number of esters is 1. The van der Waals surface area contributed by atoms with Gasteiger partial charge in [0.1, 0.15) is 26.9 Å². The molecule has 4 aromatic rings. The zero-order valence-corrected chi connectivity index (χ0v) is 24.7. The molecule has 0 aliphatic carbocycles. The first-order chi connectivity index (χ1) is 20.2. The number of hydrogen-bond acceptors (Lipinski definition) is 9. The van der Waals surface area contributed by atoms with Gasteiger partial charge in [-0.1, -0.05) is 54.6 Å². The summed E-state index contributed by atoms with van der Waals surface area (Å²) in [7, 11) is -1.38. The lowest BCUT2D eigenvalue weighted by molar-refractivity contribution is -0.136. The highest BCUT2D eigenvalue weighted by atomic mass is 32.2. The van der Waals surface area contributed by atoms with Crippen LogP contribution in [0.5, 0.6) is 11.5 Å². The standard InChI is InChI=1S/C31H28N2O7S2/c1-4-40-31(35)26-25(21-15-9-11-17-23(21)39-3)27(42(36,37)20-13-6-5-7-14-20)28(32)33-29(34)24(41-30(26)33)18-19-12-8-10-16-22(19)38-2/h5-18,25H,4,32H2,1-3H3. The van der Waals surface area contributed by atoms with Crippen molar-refractivity contribution in [1.82, 2.24) is 4.57 Å². The molecule has 5 rings (SSSR count). The Morgan fingerprint density at radius 2 is 1.57 bits per heavy atom. The first kappa shape index (κ1) is 28.9. The molecule has 1 aliphatic heterocycles. The molecule has 0 saturated carbocycles. The van der Waals surface area contributed by atoms with Crippen LogP contribution in [0.4, 0.5) is 0 Å². The van der Waals surface area contributed by atoms with Gasteiger partial charge in [0.05, 0.1) is 41.7 Å². The van der Waals surface area contributed by atoms with Crippen LogP contribution in [0.15, 0.2) is 93.5 Å². The fourth-order valence-corrected chi connectivity index (χ4v) is 7.80. The van der Waals surface area contributed by atoms with E-state index in [1.807, 2.05) is 0 Å². The van der Waals surface area contributed by atoms with Crippen molar-refractivity contribution < 1.29 is 27.4 Å². The molecular formula is C31H28N2O7S2. The van der Waals surface area contributed by atoms with E-state index in [0.29, 0.717) is 22.6 Å². The topological polar surface area (TPSA) is 127 Å². The van der Waals surface area contributed by atoms with Gasteiger partial charge in [-0.3, -0.25) is 9.36 Å². The van der Waals surface area contributed by atoms with Crippen LogP contribution in [-0.2, 0) is 19.4 Å². The number of fused-ring (bicyclic) bond motifs is 1. The normalized spacial score (nSPS) is 15.4. The van der Waals surface area contributed by atoms with Gasteiger partial charge in [0, 0.05) is 11.1 Å². The van der Waals surface area contributed by atoms with Gasteiger partial charge < -0.3 is 19.9 Å². The van der Waals surface area contributed by atoms with E-state index in [1.165, 1.54) is 26.4 Å². The number of allylic oxidation sites excluding steroid dienone is 1. The van der Waals surface area contributed by atoms with Gasteiger partial charge in [-0.05, 0) is 37.3 Å². The number of rotatable bonds is 8. The molecule has 0 saturated heterocycles. The summed E-state index contributed by atoms with van der Waals surface area (Å²) in [5.41, 5.74) is 7.04. The maximum Gasteiger partial charge on any atom is 0.338 e. The number of nitrogens with zero attached hydrogens (tertiary/aromatic N) is 1. The summed E-state index contributed by atoms with van der Waals surface area (Å²) in [4.78, 5) is 27.3. The van der Waals surface area contributed by atoms with Crippen molar-refractivity contribution >= 4 is 44.6 Å². The molecule has 0 fully saturated rings. The second kappa shape index (κ2) is 11.7. The van der Waals surface area contributed by atoms with E-state index in [1.54, 1.807) is 79.7 Å². The van der Waals surface area contributed by atoms with Gasteiger partial charge >= 0.3 is 5.97 Å². The Bertz CT molecular complexity index is 1990. The number of para-hydroxylation sites is 2. The van der Waals surface area contributed by atoms with E-state index in [2.05, 4.69) is 0 Å². The Kier molecular flexibility index (Phi) is 8.06. The van der Waals surface area contributed by atoms with Gasteiger partial charge in [0.25, 0.3) is 5.56 Å². The molecule has 1 unspecified atom stereocenters. The van der Waals surface area contributed by atoms with E-state index in [0.717, 1.165) is 15.9 Å². The summed E-state index contributed by atoms with van der Waals surface area (Å²) < 4.78 is 46.6. The van der Waals surface area contributed by atoms with Gasteiger partial charge in [-0.2, -0.15) is 0 Å². The maximum atomic E-state index is 14.3. The number of aromatic nitrogens is 1. The van der Waals surface area contributed by atoms with Gasteiger partial charge in [0.15, 0.2) is 0 Å². The van der Waals surface area contributed by atoms with Crippen molar-refractivity contribution in [3.63, 3.8) is 0 Å². The van der Waals surface area contributed by atoms with E-state index in [9.17, 15) is 18.0 Å². The highest BCUT2D eigenvalue weighted by molar-refractivity contribution is 7.95. The van der Waals surface area contributed by atoms with Crippen LogP contribution in [0.2, 0.25) is 0 Å². The number of sulfone groups is 1. The molecule has 9 nitrogen and oxygen atoms in total. The average molecular weight is 605 g/mol. The first-order valence-corrected chi connectivity index (χ1v) is 15.3. The third-order valence-electron chi connectivity index (χ3n) is 6.81. The number of thiazole rings is 1. The predicted octanol–water partition coefficient (Wildman–Crippen LogP) is 2.83. The Morgan fingerprint density at radius 1 is 0.952 bits per heavy atom. The SMILES string of the molecule is CCOC(=O)C1=c2sc(=Cc3ccccc3OC)c(=O)n2C(N)=C(S(=O)(=O)c2ccccc2)C1c1ccccc1OC. The van der Waals surface area contributed by atoms with Crippen molar-refractivity contribution in [2.24, 2.45) is 5.73 Å². The molecule has 0 bridgehead atoms. The molecule has 2 heterocycles. The fraction of sp³-hybridized carbons (Fsp3) is 0.161. The Hall–Kier alpha value is -4.61. The molecular weight excluding hydrogens is 576 g/mol. The van der Waals surface area contributed by atoms with E-state index in [-0.39, 0.29) is 37.0 Å². The summed E-state index contributed by atoms with van der Waals surface area (Å²) in [5.74, 6) is -1.45. The van der Waals surface area contributed by atoms with Crippen LogP contribution in [0.1, 0.15) is 24.0 Å². The molecule has 11 heteroatoms. The van der Waals surface area contributed by atoms with Crippen LogP contribution in [0.3, 0.4) is 0 Å². The van der Waals surface area contributed by atoms with Crippen molar-refractivity contribution in [1.29, 1.82) is 0 Å². The van der Waals surface area contributed by atoms with Crippen molar-refractivity contribution in [2.75, 3.05) is 20.8 Å². The highest BCUT2D eigenvalue weighted by Crippen LogP contribution is 2.45. The summed E-state index contributed by atoms with van der Waals surface area (Å²) in [5, 5.41) is 0. The van der Waals surface area contributed by atoms with E-state index >= 15 is 0 Å². The second-order valence-electron chi connectivity index (χ2n) is 9.17.